The maximum Gasteiger partial charge on any atom is 0.320 e. The Bertz CT molecular complexity index is 476. The Morgan fingerprint density at radius 1 is 1.19 bits per heavy atom. The van der Waals surface area contributed by atoms with E-state index in [0.29, 0.717) is 32.8 Å². The van der Waals surface area contributed by atoms with Gasteiger partial charge in [0.25, 0.3) is 0 Å². The smallest absolute Gasteiger partial charge is 0.320 e. The summed E-state index contributed by atoms with van der Waals surface area (Å²) < 4.78 is 11.4. The number of nitrogens with zero attached hydrogens (tertiary/aromatic N) is 2. The van der Waals surface area contributed by atoms with E-state index in [0.717, 1.165) is 18.4 Å². The first-order chi connectivity index (χ1) is 10.2. The average Bonchev–Trinajstić information content (AvgIpc) is 2.96. The molecule has 2 aliphatic heterocycles. The maximum atomic E-state index is 12.5. The first-order valence-corrected chi connectivity index (χ1v) is 7.50. The number of benzene rings is 1. The van der Waals surface area contributed by atoms with E-state index >= 15 is 0 Å². The minimum Gasteiger partial charge on any atom is -0.347 e. The molecule has 0 atom stereocenters. The molecule has 5 nitrogen and oxygen atoms in total. The van der Waals surface area contributed by atoms with Crippen LogP contribution in [0.4, 0.5) is 4.79 Å². The molecular weight excluding hydrogens is 268 g/mol. The number of urea groups is 1. The van der Waals surface area contributed by atoms with Crippen molar-refractivity contribution < 1.29 is 14.3 Å². The van der Waals surface area contributed by atoms with Gasteiger partial charge in [-0.25, -0.2) is 4.79 Å². The lowest BCUT2D eigenvalue weighted by molar-refractivity contribution is -0.181. The van der Waals surface area contributed by atoms with Gasteiger partial charge >= 0.3 is 6.03 Å². The number of ether oxygens (including phenoxy) is 2. The van der Waals surface area contributed by atoms with Crippen LogP contribution in [0.1, 0.15) is 18.4 Å². The highest BCUT2D eigenvalue weighted by molar-refractivity contribution is 5.74. The van der Waals surface area contributed by atoms with E-state index < -0.39 is 5.79 Å². The molecule has 0 saturated carbocycles. The molecule has 21 heavy (non-hydrogen) atoms. The number of hydrogen-bond donors (Lipinski definition) is 0. The summed E-state index contributed by atoms with van der Waals surface area (Å²) in [6.07, 6.45) is 1.52. The number of hydrogen-bond acceptors (Lipinski definition) is 3. The van der Waals surface area contributed by atoms with Crippen LogP contribution in [0.2, 0.25) is 0 Å². The van der Waals surface area contributed by atoms with Crippen molar-refractivity contribution in [3.8, 4) is 0 Å². The molecule has 2 amide bonds. The fourth-order valence-electron chi connectivity index (χ4n) is 2.99. The maximum absolute atomic E-state index is 12.5. The molecule has 2 aliphatic rings. The summed E-state index contributed by atoms with van der Waals surface area (Å²) in [5.74, 6) is -0.422. The fourth-order valence-corrected chi connectivity index (χ4v) is 2.99. The molecule has 1 aromatic carbocycles. The van der Waals surface area contributed by atoms with Crippen LogP contribution in [0.3, 0.4) is 0 Å². The van der Waals surface area contributed by atoms with Crippen molar-refractivity contribution in [3.63, 3.8) is 0 Å². The van der Waals surface area contributed by atoms with Gasteiger partial charge in [0.05, 0.1) is 13.2 Å². The Hall–Kier alpha value is -1.59. The van der Waals surface area contributed by atoms with E-state index in [1.165, 1.54) is 0 Å². The van der Waals surface area contributed by atoms with E-state index in [9.17, 15) is 4.79 Å². The van der Waals surface area contributed by atoms with Gasteiger partial charge in [-0.2, -0.15) is 0 Å². The number of carbonyl (C=O) groups is 1. The predicted molar refractivity (Wildman–Crippen MR) is 78.7 cm³/mol. The Morgan fingerprint density at radius 2 is 1.81 bits per heavy atom. The molecule has 2 saturated heterocycles. The molecule has 0 unspecified atom stereocenters. The largest absolute Gasteiger partial charge is 0.347 e. The topological polar surface area (TPSA) is 42.0 Å². The predicted octanol–water partition coefficient (Wildman–Crippen LogP) is 2.08. The van der Waals surface area contributed by atoms with Gasteiger partial charge in [-0.3, -0.25) is 0 Å². The van der Waals surface area contributed by atoms with Crippen molar-refractivity contribution >= 4 is 6.03 Å². The summed E-state index contributed by atoms with van der Waals surface area (Å²) >= 11 is 0. The third-order valence-corrected chi connectivity index (χ3v) is 4.20. The van der Waals surface area contributed by atoms with Gasteiger partial charge in [0.1, 0.15) is 0 Å². The molecule has 0 aromatic heterocycles. The molecule has 0 radical (unpaired) electrons. The van der Waals surface area contributed by atoms with E-state index in [2.05, 4.69) is 0 Å². The van der Waals surface area contributed by atoms with Gasteiger partial charge < -0.3 is 19.3 Å². The molecular formula is C16H22N2O3. The minimum atomic E-state index is -0.422. The van der Waals surface area contributed by atoms with Crippen molar-refractivity contribution in [2.75, 3.05) is 33.4 Å². The van der Waals surface area contributed by atoms with Crippen LogP contribution < -0.4 is 0 Å². The van der Waals surface area contributed by atoms with Gasteiger partial charge in [0.2, 0.25) is 0 Å². The van der Waals surface area contributed by atoms with Crippen molar-refractivity contribution in [2.45, 2.75) is 25.2 Å². The van der Waals surface area contributed by atoms with Gasteiger partial charge in [-0.05, 0) is 5.56 Å². The number of rotatable bonds is 2. The molecule has 3 rings (SSSR count). The van der Waals surface area contributed by atoms with Crippen LogP contribution in [-0.4, -0.2) is 55.0 Å². The normalized spacial score (nSPS) is 20.7. The summed E-state index contributed by atoms with van der Waals surface area (Å²) in [6.45, 7) is 3.36. The first-order valence-electron chi connectivity index (χ1n) is 7.50. The third kappa shape index (κ3) is 3.19. The lowest BCUT2D eigenvalue weighted by atomic mass is 10.0. The lowest BCUT2D eigenvalue weighted by Gasteiger charge is -2.38. The summed E-state index contributed by atoms with van der Waals surface area (Å²) in [4.78, 5) is 16.1. The molecule has 1 spiro atoms. The van der Waals surface area contributed by atoms with Crippen molar-refractivity contribution in [1.29, 1.82) is 0 Å². The zero-order chi connectivity index (χ0) is 14.7. The number of likely N-dealkylation sites (tertiary alicyclic amines) is 1. The van der Waals surface area contributed by atoms with Crippen LogP contribution >= 0.6 is 0 Å². The summed E-state index contributed by atoms with van der Waals surface area (Å²) in [6, 6.07) is 10.1. The molecule has 0 N–H and O–H groups in total. The highest BCUT2D eigenvalue weighted by atomic mass is 16.7. The Labute approximate surface area is 125 Å². The molecule has 5 heteroatoms. The molecule has 1 aromatic rings. The second kappa shape index (κ2) is 6.03. The van der Waals surface area contributed by atoms with Gasteiger partial charge in [0.15, 0.2) is 5.79 Å². The standard InChI is InChI=1S/C16H22N2O3/c1-17(13-14-5-3-2-4-6-14)15(19)18-9-7-16(8-10-18)20-11-12-21-16/h2-6H,7-13H2,1H3. The number of carbonyl (C=O) groups excluding carboxylic acids is 1. The Kier molecular flexibility index (Phi) is 4.12. The Balaban J connectivity index is 1.54. The summed E-state index contributed by atoms with van der Waals surface area (Å²) in [5, 5.41) is 0. The van der Waals surface area contributed by atoms with Gasteiger partial charge in [-0.1, -0.05) is 30.3 Å². The zero-order valence-electron chi connectivity index (χ0n) is 12.5. The molecule has 114 valence electrons. The third-order valence-electron chi connectivity index (χ3n) is 4.20. The van der Waals surface area contributed by atoms with Crippen molar-refractivity contribution in [3.05, 3.63) is 35.9 Å². The van der Waals surface area contributed by atoms with Crippen LogP contribution in [-0.2, 0) is 16.0 Å². The molecule has 2 heterocycles. The van der Waals surface area contributed by atoms with Crippen LogP contribution in [0.15, 0.2) is 30.3 Å². The Morgan fingerprint density at radius 3 is 2.43 bits per heavy atom. The highest BCUT2D eigenvalue weighted by Gasteiger charge is 2.41. The highest BCUT2D eigenvalue weighted by Crippen LogP contribution is 2.31. The van der Waals surface area contributed by atoms with Crippen LogP contribution in [0.25, 0.3) is 0 Å². The van der Waals surface area contributed by atoms with Gasteiger partial charge in [-0.15, -0.1) is 0 Å². The minimum absolute atomic E-state index is 0.0756. The van der Waals surface area contributed by atoms with Crippen LogP contribution in [0, 0.1) is 0 Å². The second-order valence-corrected chi connectivity index (χ2v) is 5.72. The molecule has 0 bridgehead atoms. The first kappa shape index (κ1) is 14.4. The number of amides is 2. The SMILES string of the molecule is CN(Cc1ccccc1)C(=O)N1CCC2(CC1)OCCO2. The molecule has 0 aliphatic carbocycles. The average molecular weight is 290 g/mol. The summed E-state index contributed by atoms with van der Waals surface area (Å²) in [7, 11) is 1.85. The van der Waals surface area contributed by atoms with Gasteiger partial charge in [0, 0.05) is 39.5 Å². The van der Waals surface area contributed by atoms with Crippen molar-refractivity contribution in [2.24, 2.45) is 0 Å². The van der Waals surface area contributed by atoms with Crippen molar-refractivity contribution in [1.82, 2.24) is 9.80 Å². The van der Waals surface area contributed by atoms with E-state index in [1.807, 2.05) is 42.3 Å². The van der Waals surface area contributed by atoms with Crippen LogP contribution in [0.5, 0.6) is 0 Å². The molecule has 2 fully saturated rings. The lowest BCUT2D eigenvalue weighted by Crippen LogP contribution is -2.50. The van der Waals surface area contributed by atoms with E-state index in [-0.39, 0.29) is 6.03 Å². The number of piperidine rings is 1. The quantitative estimate of drug-likeness (QED) is 0.837. The fraction of sp³-hybridized carbons (Fsp3) is 0.562. The monoisotopic (exact) mass is 290 g/mol. The summed E-state index contributed by atoms with van der Waals surface area (Å²) in [5.41, 5.74) is 1.14. The zero-order valence-corrected chi connectivity index (χ0v) is 12.5. The van der Waals surface area contributed by atoms with E-state index in [4.69, 9.17) is 9.47 Å². The van der Waals surface area contributed by atoms with E-state index in [1.54, 1.807) is 4.90 Å². The second-order valence-electron chi connectivity index (χ2n) is 5.72.